The molecule has 90 valence electrons. The summed E-state index contributed by atoms with van der Waals surface area (Å²) in [7, 11) is 1.77. The van der Waals surface area contributed by atoms with Crippen LogP contribution in [0.1, 0.15) is 32.3 Å². The fourth-order valence-corrected chi connectivity index (χ4v) is 1.64. The second-order valence-corrected chi connectivity index (χ2v) is 4.13. The summed E-state index contributed by atoms with van der Waals surface area (Å²) in [6, 6.07) is 0. The van der Waals surface area contributed by atoms with E-state index in [9.17, 15) is 4.79 Å². The normalized spacial score (nSPS) is 11.5. The zero-order valence-corrected chi connectivity index (χ0v) is 10.2. The molecule has 0 bridgehead atoms. The molecule has 0 aromatic carbocycles. The van der Waals surface area contributed by atoms with Gasteiger partial charge in [-0.3, -0.25) is 9.89 Å². The summed E-state index contributed by atoms with van der Waals surface area (Å²) < 4.78 is 0. The Bertz CT molecular complexity index is 330. The molecule has 1 amide bonds. The Hall–Kier alpha value is -1.36. The van der Waals surface area contributed by atoms with Gasteiger partial charge in [-0.1, -0.05) is 13.8 Å². The summed E-state index contributed by atoms with van der Waals surface area (Å²) in [5, 5.41) is 6.56. The Balaban J connectivity index is 2.67. The molecule has 16 heavy (non-hydrogen) atoms. The standard InChI is InChI=1S/C11H20N4O/c1-4-11(12,5-2)10(16)15(3)8-9-6-13-14-7-9/h6-7H,4-5,8,12H2,1-3H3,(H,13,14). The summed E-state index contributed by atoms with van der Waals surface area (Å²) >= 11 is 0. The molecule has 0 saturated heterocycles. The quantitative estimate of drug-likeness (QED) is 0.779. The topological polar surface area (TPSA) is 75.0 Å². The fourth-order valence-electron chi connectivity index (χ4n) is 1.64. The van der Waals surface area contributed by atoms with Crippen molar-refractivity contribution < 1.29 is 4.79 Å². The smallest absolute Gasteiger partial charge is 0.242 e. The number of hydrogen-bond donors (Lipinski definition) is 2. The zero-order chi connectivity index (χ0) is 12.2. The van der Waals surface area contributed by atoms with E-state index in [1.807, 2.05) is 13.8 Å². The lowest BCUT2D eigenvalue weighted by Gasteiger charge is -2.30. The van der Waals surface area contributed by atoms with Gasteiger partial charge in [-0.15, -0.1) is 0 Å². The Morgan fingerprint density at radius 1 is 1.56 bits per heavy atom. The lowest BCUT2D eigenvalue weighted by atomic mass is 9.92. The number of amides is 1. The van der Waals surface area contributed by atoms with Gasteiger partial charge in [-0.25, -0.2) is 0 Å². The van der Waals surface area contributed by atoms with Gasteiger partial charge in [0.2, 0.25) is 5.91 Å². The van der Waals surface area contributed by atoms with E-state index in [-0.39, 0.29) is 5.91 Å². The van der Waals surface area contributed by atoms with E-state index in [0.29, 0.717) is 19.4 Å². The van der Waals surface area contributed by atoms with Crippen LogP contribution < -0.4 is 5.73 Å². The lowest BCUT2D eigenvalue weighted by Crippen LogP contribution is -2.53. The summed E-state index contributed by atoms with van der Waals surface area (Å²) in [6.45, 7) is 4.41. The van der Waals surface area contributed by atoms with Crippen LogP contribution in [0.5, 0.6) is 0 Å². The first kappa shape index (κ1) is 12.7. The highest BCUT2D eigenvalue weighted by atomic mass is 16.2. The van der Waals surface area contributed by atoms with Crippen LogP contribution in [0.25, 0.3) is 0 Å². The van der Waals surface area contributed by atoms with Crippen molar-refractivity contribution in [1.29, 1.82) is 0 Å². The minimum Gasteiger partial charge on any atom is -0.340 e. The van der Waals surface area contributed by atoms with Gasteiger partial charge in [-0.05, 0) is 12.8 Å². The number of carbonyl (C=O) groups excluding carboxylic acids is 1. The van der Waals surface area contributed by atoms with Gasteiger partial charge in [0.25, 0.3) is 0 Å². The number of nitrogens with zero attached hydrogens (tertiary/aromatic N) is 2. The average Bonchev–Trinajstić information content (AvgIpc) is 2.79. The van der Waals surface area contributed by atoms with Gasteiger partial charge >= 0.3 is 0 Å². The van der Waals surface area contributed by atoms with E-state index < -0.39 is 5.54 Å². The molecule has 0 spiro atoms. The Morgan fingerprint density at radius 3 is 2.62 bits per heavy atom. The van der Waals surface area contributed by atoms with Crippen molar-refractivity contribution in [2.45, 2.75) is 38.8 Å². The summed E-state index contributed by atoms with van der Waals surface area (Å²) in [5.74, 6) is -0.0151. The molecule has 0 saturated carbocycles. The molecule has 1 rings (SSSR count). The number of nitrogens with one attached hydrogen (secondary N) is 1. The second-order valence-electron chi connectivity index (χ2n) is 4.13. The number of likely N-dealkylation sites (N-methyl/N-ethyl adjacent to an activating group) is 1. The maximum atomic E-state index is 12.1. The molecular weight excluding hydrogens is 204 g/mol. The van der Waals surface area contributed by atoms with Crippen molar-refractivity contribution in [2.24, 2.45) is 5.73 Å². The van der Waals surface area contributed by atoms with Crippen LogP contribution in [-0.2, 0) is 11.3 Å². The highest BCUT2D eigenvalue weighted by Crippen LogP contribution is 2.15. The number of hydrogen-bond acceptors (Lipinski definition) is 3. The lowest BCUT2D eigenvalue weighted by molar-refractivity contribution is -0.136. The Labute approximate surface area is 96.0 Å². The van der Waals surface area contributed by atoms with Crippen molar-refractivity contribution in [3.63, 3.8) is 0 Å². The minimum absolute atomic E-state index is 0.0151. The molecule has 5 nitrogen and oxygen atoms in total. The third-order valence-electron chi connectivity index (χ3n) is 3.01. The van der Waals surface area contributed by atoms with E-state index in [1.165, 1.54) is 0 Å². The highest BCUT2D eigenvalue weighted by Gasteiger charge is 2.32. The van der Waals surface area contributed by atoms with Crippen molar-refractivity contribution in [3.05, 3.63) is 18.0 Å². The zero-order valence-electron chi connectivity index (χ0n) is 10.2. The van der Waals surface area contributed by atoms with Crippen molar-refractivity contribution in [1.82, 2.24) is 15.1 Å². The molecule has 1 aromatic rings. The second kappa shape index (κ2) is 5.12. The SMILES string of the molecule is CCC(N)(CC)C(=O)N(C)Cc1cn[nH]c1. The number of carbonyl (C=O) groups is 1. The van der Waals surface area contributed by atoms with Gasteiger partial charge in [0.05, 0.1) is 11.7 Å². The summed E-state index contributed by atoms with van der Waals surface area (Å²) in [6.07, 6.45) is 4.79. The van der Waals surface area contributed by atoms with Crippen LogP contribution in [0.15, 0.2) is 12.4 Å². The van der Waals surface area contributed by atoms with Crippen LogP contribution in [-0.4, -0.2) is 33.6 Å². The van der Waals surface area contributed by atoms with Crippen LogP contribution in [0.2, 0.25) is 0 Å². The van der Waals surface area contributed by atoms with Gasteiger partial charge in [0.1, 0.15) is 0 Å². The van der Waals surface area contributed by atoms with Crippen molar-refractivity contribution >= 4 is 5.91 Å². The Morgan fingerprint density at radius 2 is 2.19 bits per heavy atom. The van der Waals surface area contributed by atoms with Gasteiger partial charge in [-0.2, -0.15) is 5.10 Å². The number of H-pyrrole nitrogens is 1. The molecular formula is C11H20N4O. The first-order valence-electron chi connectivity index (χ1n) is 5.55. The monoisotopic (exact) mass is 224 g/mol. The predicted molar refractivity (Wildman–Crippen MR) is 62.6 cm³/mol. The van der Waals surface area contributed by atoms with Gasteiger partial charge in [0.15, 0.2) is 0 Å². The highest BCUT2D eigenvalue weighted by molar-refractivity contribution is 5.85. The number of aromatic nitrogens is 2. The predicted octanol–water partition coefficient (Wildman–Crippen LogP) is 0.886. The fraction of sp³-hybridized carbons (Fsp3) is 0.636. The third kappa shape index (κ3) is 2.61. The first-order valence-corrected chi connectivity index (χ1v) is 5.55. The van der Waals surface area contributed by atoms with E-state index in [1.54, 1.807) is 24.3 Å². The van der Waals surface area contributed by atoms with E-state index in [4.69, 9.17) is 5.73 Å². The van der Waals surface area contributed by atoms with Crippen molar-refractivity contribution in [3.8, 4) is 0 Å². The molecule has 1 aromatic heterocycles. The van der Waals surface area contributed by atoms with E-state index in [0.717, 1.165) is 5.56 Å². The minimum atomic E-state index is -0.738. The number of aromatic amines is 1. The van der Waals surface area contributed by atoms with Crippen LogP contribution >= 0.6 is 0 Å². The Kier molecular flexibility index (Phi) is 4.06. The molecule has 0 aliphatic rings. The average molecular weight is 224 g/mol. The van der Waals surface area contributed by atoms with Gasteiger partial charge in [0, 0.05) is 25.4 Å². The van der Waals surface area contributed by atoms with Gasteiger partial charge < -0.3 is 10.6 Å². The maximum Gasteiger partial charge on any atom is 0.242 e. The molecule has 0 aliphatic heterocycles. The molecule has 1 heterocycles. The van der Waals surface area contributed by atoms with Crippen LogP contribution in [0.4, 0.5) is 0 Å². The largest absolute Gasteiger partial charge is 0.340 e. The first-order chi connectivity index (χ1) is 7.53. The number of rotatable bonds is 5. The molecule has 5 heteroatoms. The molecule has 0 unspecified atom stereocenters. The molecule has 0 fully saturated rings. The van der Waals surface area contributed by atoms with Crippen LogP contribution in [0.3, 0.4) is 0 Å². The molecule has 3 N–H and O–H groups in total. The van der Waals surface area contributed by atoms with E-state index >= 15 is 0 Å². The van der Waals surface area contributed by atoms with Crippen LogP contribution in [0, 0.1) is 0 Å². The third-order valence-corrected chi connectivity index (χ3v) is 3.01. The molecule has 0 aliphatic carbocycles. The number of nitrogens with two attached hydrogens (primary N) is 1. The molecule has 0 radical (unpaired) electrons. The summed E-state index contributed by atoms with van der Waals surface area (Å²) in [4.78, 5) is 13.8. The van der Waals surface area contributed by atoms with E-state index in [2.05, 4.69) is 10.2 Å². The van der Waals surface area contributed by atoms with Crippen molar-refractivity contribution in [2.75, 3.05) is 7.05 Å². The molecule has 0 atom stereocenters. The maximum absolute atomic E-state index is 12.1. The summed E-state index contributed by atoms with van der Waals surface area (Å²) in [5.41, 5.74) is 6.29.